The molecule has 12 heterocycles. The van der Waals surface area contributed by atoms with Crippen LogP contribution in [0.15, 0.2) is 129 Å². The van der Waals surface area contributed by atoms with Crippen LogP contribution in [-0.4, -0.2) is 120 Å². The van der Waals surface area contributed by atoms with Crippen molar-refractivity contribution in [2.75, 3.05) is 54.8 Å². The second kappa shape index (κ2) is 28.2. The van der Waals surface area contributed by atoms with E-state index in [1.54, 1.807) is 38.6 Å². The average molecular weight is 1730 g/mol. The first kappa shape index (κ1) is 67.8. The number of hydrogen-bond acceptors (Lipinski definition) is 13. The fourth-order valence-electron chi connectivity index (χ4n) is 9.44. The minimum absolute atomic E-state index is 0. The molecule has 2 radical (unpaired) electrons. The Morgan fingerprint density at radius 3 is 1.20 bits per heavy atom. The van der Waals surface area contributed by atoms with Crippen LogP contribution in [0.25, 0.3) is 45.0 Å². The van der Waals surface area contributed by atoms with Gasteiger partial charge in [0.05, 0.1) is 11.4 Å². The van der Waals surface area contributed by atoms with E-state index >= 15 is 8.78 Å². The van der Waals surface area contributed by atoms with Gasteiger partial charge in [0.25, 0.3) is 0 Å². The number of nitrogens with zero attached hydrogens (tertiary/aromatic N) is 18. The van der Waals surface area contributed by atoms with Gasteiger partial charge in [0.1, 0.15) is 47.6 Å². The maximum Gasteiger partial charge on any atom is 2.00 e. The molecule has 8 aromatic rings. The molecular formula is C65H39F8IrN18OPtRh-3. The molecule has 0 bridgehead atoms. The molecule has 2 aromatic carbocycles. The molecule has 0 fully saturated rings. The summed E-state index contributed by atoms with van der Waals surface area (Å²) in [5.41, 5.74) is 1.79. The quantitative estimate of drug-likeness (QED) is 0.0358. The maximum absolute atomic E-state index is 15.9. The molecule has 0 unspecified atom stereocenters. The van der Waals surface area contributed by atoms with Crippen LogP contribution in [0.1, 0.15) is 0 Å². The first-order valence-electron chi connectivity index (χ1n) is 27.1. The third-order valence-electron chi connectivity index (χ3n) is 13.7. The molecule has 6 aliphatic heterocycles. The Morgan fingerprint density at radius 2 is 0.779 bits per heavy atom. The van der Waals surface area contributed by atoms with E-state index in [0.29, 0.717) is 34.1 Å². The Kier molecular flexibility index (Phi) is 20.2. The molecule has 0 amide bonds. The van der Waals surface area contributed by atoms with Gasteiger partial charge in [-0.1, -0.05) is 102 Å². The summed E-state index contributed by atoms with van der Waals surface area (Å²) in [5.74, 6) is -8.48. The van der Waals surface area contributed by atoms with Gasteiger partial charge < -0.3 is 44.1 Å². The van der Waals surface area contributed by atoms with Crippen molar-refractivity contribution in [2.24, 2.45) is 0 Å². The molecule has 95 heavy (non-hydrogen) atoms. The van der Waals surface area contributed by atoms with Gasteiger partial charge in [-0.25, -0.2) is 41.2 Å². The molecule has 0 atom stereocenters. The van der Waals surface area contributed by atoms with Crippen LogP contribution in [0.2, 0.25) is 0 Å². The summed E-state index contributed by atoms with van der Waals surface area (Å²) in [7, 11) is 9.35. The number of aromatic nitrogens is 6. The Morgan fingerprint density at radius 1 is 0.411 bits per heavy atom. The number of halogens is 8. The van der Waals surface area contributed by atoms with Crippen molar-refractivity contribution in [2.45, 2.75) is 0 Å². The van der Waals surface area contributed by atoms with Crippen molar-refractivity contribution in [1.29, 1.82) is 0 Å². The molecule has 0 saturated carbocycles. The van der Waals surface area contributed by atoms with Crippen LogP contribution in [-0.2, 0) is 60.6 Å². The summed E-state index contributed by atoms with van der Waals surface area (Å²) in [6.45, 7) is 5.23. The third kappa shape index (κ3) is 14.2. The van der Waals surface area contributed by atoms with Crippen molar-refractivity contribution in [3.63, 3.8) is 0 Å². The van der Waals surface area contributed by atoms with E-state index in [1.165, 1.54) is 54.2 Å². The van der Waals surface area contributed by atoms with Gasteiger partial charge in [0.15, 0.2) is 21.1 Å². The fourth-order valence-corrected chi connectivity index (χ4v) is 9.44. The van der Waals surface area contributed by atoms with Crippen LogP contribution in [0.5, 0.6) is 11.5 Å². The van der Waals surface area contributed by atoms with Crippen LogP contribution in [0, 0.1) is 116 Å². The number of benzene rings is 2. The topological polar surface area (TPSA) is 124 Å². The summed E-state index contributed by atoms with van der Waals surface area (Å²) in [6, 6.07) is 45.1. The van der Waals surface area contributed by atoms with Gasteiger partial charge in [0.2, 0.25) is 37.2 Å². The monoisotopic (exact) mass is 1730 g/mol. The van der Waals surface area contributed by atoms with E-state index in [2.05, 4.69) is 96.5 Å². The van der Waals surface area contributed by atoms with E-state index in [1.807, 2.05) is 130 Å². The van der Waals surface area contributed by atoms with Gasteiger partial charge in [-0.2, -0.15) is 43.5 Å². The fraction of sp³-hybridized carbons (Fsp3) is 0.0769. The molecule has 0 spiro atoms. The summed E-state index contributed by atoms with van der Waals surface area (Å²) in [4.78, 5) is 31.6. The normalized spacial score (nSPS) is 14.7. The van der Waals surface area contributed by atoms with Crippen molar-refractivity contribution >= 4 is 57.8 Å². The minimum Gasteiger partial charge on any atom is -0.620 e. The summed E-state index contributed by atoms with van der Waals surface area (Å²) >= 11 is 0. The van der Waals surface area contributed by atoms with Crippen LogP contribution in [0.4, 0.5) is 74.9 Å². The molecule has 19 nitrogen and oxygen atoms in total. The number of rotatable bonds is 13. The number of pyridine rings is 6. The number of ether oxygens (including phenoxy) is 1. The second-order valence-electron chi connectivity index (χ2n) is 20.2. The Hall–Kier alpha value is -10.1. The minimum atomic E-state index is -1.22. The average Bonchev–Trinajstić information content (AvgIpc) is 1.74. The number of anilines is 4. The van der Waals surface area contributed by atoms with E-state index < -0.39 is 47.6 Å². The molecule has 0 saturated heterocycles. The summed E-state index contributed by atoms with van der Waals surface area (Å²) in [6.07, 6.45) is 21.7. The van der Waals surface area contributed by atoms with E-state index in [0.717, 1.165) is 18.2 Å². The standard InChI is InChI=1S/C50H34F4N15O.C15H5F4N3.Ir.Pt.Rh/c1-58-11-16-63(28-58)38-24-42(67-20-15-62(5)32-67)45(26-40(38)65-18-13-60(3)30-65)70-46-27-41(66-19-14-61(4)31-66)39(64-17-12-59(2)29-64)25-43(46)68-21-22-69(33-68)44-23-35(49(53)57-50(44)54)37-8-6-7-36(55-37)34-9-10-47(51)56-48(34)52;16-12-6-4-8(14(18)21-12)10-2-1-3-11(20-10)9-5-7-13(17)22-15(9)19;;;/h6-8,10-22,29,32-33H,1-5H3;1-3,6-7H;;;/q-3;-2;;+2;. The molecule has 6 aliphatic rings. The van der Waals surface area contributed by atoms with E-state index in [-0.39, 0.29) is 123 Å². The first-order valence-corrected chi connectivity index (χ1v) is 27.1. The van der Waals surface area contributed by atoms with Gasteiger partial charge in [-0.05, 0) is 79.8 Å². The van der Waals surface area contributed by atoms with Gasteiger partial charge in [-0.3, -0.25) is 26.0 Å². The largest absolute Gasteiger partial charge is 2.00 e. The van der Waals surface area contributed by atoms with Crippen LogP contribution >= 0.6 is 0 Å². The smallest absolute Gasteiger partial charge is 0.620 e. The predicted molar refractivity (Wildman–Crippen MR) is 311 cm³/mol. The zero-order valence-corrected chi connectivity index (χ0v) is 55.6. The van der Waals surface area contributed by atoms with E-state index in [9.17, 15) is 26.3 Å². The van der Waals surface area contributed by atoms with Crippen LogP contribution < -0.4 is 24.3 Å². The number of hydrogen-bond donors (Lipinski definition) is 0. The predicted octanol–water partition coefficient (Wildman–Crippen LogP) is 10.1. The summed E-state index contributed by atoms with van der Waals surface area (Å²) < 4.78 is 130. The maximum atomic E-state index is 15.9. The molecule has 30 heteroatoms. The van der Waals surface area contributed by atoms with E-state index in [4.69, 9.17) is 4.74 Å². The van der Waals surface area contributed by atoms with Gasteiger partial charge in [0, 0.05) is 45.3 Å². The molecule has 0 aliphatic carbocycles. The van der Waals surface area contributed by atoms with Crippen molar-refractivity contribution in [3.05, 3.63) is 245 Å². The van der Waals surface area contributed by atoms with Crippen molar-refractivity contribution in [1.82, 2.24) is 39.7 Å². The third-order valence-corrected chi connectivity index (χ3v) is 13.7. The molecule has 0 N–H and O–H groups in total. The zero-order valence-electron chi connectivity index (χ0n) is 49.3. The molecule has 482 valence electrons. The van der Waals surface area contributed by atoms with Crippen molar-refractivity contribution in [3.8, 4) is 56.5 Å². The van der Waals surface area contributed by atoms with Gasteiger partial charge in [-0.15, -0.1) is 43.7 Å². The molecule has 6 aromatic heterocycles. The second-order valence-corrected chi connectivity index (χ2v) is 20.2. The Bertz CT molecular complexity index is 4810. The van der Waals surface area contributed by atoms with Crippen LogP contribution in [0.3, 0.4) is 0 Å². The summed E-state index contributed by atoms with van der Waals surface area (Å²) in [5, 5.41) is 0. The zero-order chi connectivity index (χ0) is 64.1. The Labute approximate surface area is 578 Å². The SMILES string of the molecule is CN1C=CN(c2[c-]c([N+]3=C=[N+](C)C=C3)c([N+]3=C=[N+](C)C=C3)[c-]c2Oc2[c-]c([N+]3=C=[N+](C)C=C3)c(N3C=CN(C)[CH-]3)[c-]c2N2C=CN(c3[c-]c(-c4cccc(-c5[c-]cc(F)nc5F)n4)c(F)nc3F)[CH-]2)[CH-]1.Fc1c[c-]c(-c2cccc(-c3[c-]cc(F)nc3F)n2)c(F)n1.[Ir].[Pt+2].[Rh]. The first-order chi connectivity index (χ1) is 44.4. The van der Waals surface area contributed by atoms with Crippen molar-refractivity contribution < 1.29 is 128 Å². The van der Waals surface area contributed by atoms with Gasteiger partial charge >= 0.3 is 39.1 Å². The molecular weight excluding hydrogens is 1690 g/mol. The Balaban J connectivity index is 0.000000334. The molecule has 14 rings (SSSR count).